The molecule has 1 saturated carbocycles. The summed E-state index contributed by atoms with van der Waals surface area (Å²) >= 11 is 0. The summed E-state index contributed by atoms with van der Waals surface area (Å²) in [4.78, 5) is 26.7. The van der Waals surface area contributed by atoms with Gasteiger partial charge in [-0.1, -0.05) is 19.1 Å². The Bertz CT molecular complexity index is 632. The van der Waals surface area contributed by atoms with Gasteiger partial charge in [-0.05, 0) is 41.9 Å². The van der Waals surface area contributed by atoms with Crippen LogP contribution in [0, 0.1) is 11.8 Å². The average molecular weight is 297 g/mol. The number of nitrogens with zero attached hydrogens (tertiary/aromatic N) is 1. The maximum atomic E-state index is 12.6. The van der Waals surface area contributed by atoms with Crippen LogP contribution < -0.4 is 0 Å². The van der Waals surface area contributed by atoms with E-state index in [4.69, 9.17) is 0 Å². The number of carbonyl (C=O) groups is 2. The zero-order valence-corrected chi connectivity index (χ0v) is 13.2. The van der Waals surface area contributed by atoms with Crippen molar-refractivity contribution in [1.29, 1.82) is 0 Å². The number of hydrogen-bond acceptors (Lipinski definition) is 3. The van der Waals surface area contributed by atoms with Gasteiger partial charge >= 0.3 is 0 Å². The van der Waals surface area contributed by atoms with Gasteiger partial charge in [-0.25, -0.2) is 0 Å². The molecule has 0 amide bonds. The molecule has 1 aromatic rings. The molecule has 3 nitrogen and oxygen atoms in total. The van der Waals surface area contributed by atoms with Crippen LogP contribution in [0.4, 0.5) is 0 Å². The van der Waals surface area contributed by atoms with E-state index in [0.717, 1.165) is 35.8 Å². The molecule has 0 radical (unpaired) electrons. The van der Waals surface area contributed by atoms with E-state index in [0.29, 0.717) is 31.1 Å². The van der Waals surface area contributed by atoms with Crippen LogP contribution in [0.15, 0.2) is 18.2 Å². The highest BCUT2D eigenvalue weighted by atomic mass is 16.1. The second kappa shape index (κ2) is 5.31. The van der Waals surface area contributed by atoms with E-state index in [1.54, 1.807) is 0 Å². The molecule has 0 bridgehead atoms. The van der Waals surface area contributed by atoms with Crippen molar-refractivity contribution in [3.63, 3.8) is 0 Å². The SMILES string of the molecule is C[C@H]1CN(C2CC2)C[C@H]1CC(=O)c1ccc2c(c1)CC(=O)C2. The molecular weight excluding hydrogens is 274 g/mol. The van der Waals surface area contributed by atoms with Crippen LogP contribution in [-0.2, 0) is 17.6 Å². The number of hydrogen-bond donors (Lipinski definition) is 0. The quantitative estimate of drug-likeness (QED) is 0.802. The zero-order chi connectivity index (χ0) is 15.3. The predicted octanol–water partition coefficient (Wildman–Crippen LogP) is 2.66. The third-order valence-corrected chi connectivity index (χ3v) is 5.61. The van der Waals surface area contributed by atoms with Gasteiger partial charge in [0.2, 0.25) is 0 Å². The van der Waals surface area contributed by atoms with E-state index >= 15 is 0 Å². The monoisotopic (exact) mass is 297 g/mol. The molecule has 1 aliphatic heterocycles. The van der Waals surface area contributed by atoms with Crippen LogP contribution in [0.1, 0.15) is 47.7 Å². The first-order chi connectivity index (χ1) is 10.6. The van der Waals surface area contributed by atoms with E-state index in [-0.39, 0.29) is 11.6 Å². The summed E-state index contributed by atoms with van der Waals surface area (Å²) < 4.78 is 0. The number of ketones is 2. The molecule has 22 heavy (non-hydrogen) atoms. The number of Topliss-reactive ketones (excluding diaryl/α,β-unsaturated/α-hetero) is 2. The Hall–Kier alpha value is -1.48. The summed E-state index contributed by atoms with van der Waals surface area (Å²) in [5, 5.41) is 0. The van der Waals surface area contributed by atoms with E-state index in [2.05, 4.69) is 11.8 Å². The predicted molar refractivity (Wildman–Crippen MR) is 85.1 cm³/mol. The molecule has 1 heterocycles. The highest BCUT2D eigenvalue weighted by molar-refractivity contribution is 5.97. The third kappa shape index (κ3) is 2.63. The van der Waals surface area contributed by atoms with Crippen molar-refractivity contribution in [3.8, 4) is 0 Å². The minimum absolute atomic E-state index is 0.247. The van der Waals surface area contributed by atoms with Gasteiger partial charge in [-0.2, -0.15) is 0 Å². The van der Waals surface area contributed by atoms with E-state index < -0.39 is 0 Å². The first kappa shape index (κ1) is 14.1. The first-order valence-electron chi connectivity index (χ1n) is 8.51. The lowest BCUT2D eigenvalue weighted by molar-refractivity contribution is -0.117. The normalized spacial score (nSPS) is 28.1. The summed E-state index contributed by atoms with van der Waals surface area (Å²) in [6.07, 6.45) is 4.38. The molecule has 1 aromatic carbocycles. The zero-order valence-electron chi connectivity index (χ0n) is 13.2. The summed E-state index contributed by atoms with van der Waals surface area (Å²) in [7, 11) is 0. The van der Waals surface area contributed by atoms with Gasteiger partial charge in [-0.3, -0.25) is 14.5 Å². The molecule has 2 fully saturated rings. The lowest BCUT2D eigenvalue weighted by Gasteiger charge is -2.14. The summed E-state index contributed by atoms with van der Waals surface area (Å²) in [6, 6.07) is 6.65. The number of benzene rings is 1. The minimum atomic E-state index is 0.247. The Labute approximate surface area is 131 Å². The van der Waals surface area contributed by atoms with Crippen LogP contribution in [0.3, 0.4) is 0 Å². The Morgan fingerprint density at radius 1 is 1.18 bits per heavy atom. The molecule has 3 aliphatic rings. The van der Waals surface area contributed by atoms with Crippen molar-refractivity contribution >= 4 is 11.6 Å². The number of rotatable bonds is 4. The van der Waals surface area contributed by atoms with Crippen LogP contribution in [0.2, 0.25) is 0 Å². The second-order valence-corrected chi connectivity index (χ2v) is 7.43. The fourth-order valence-electron chi connectivity index (χ4n) is 4.06. The summed E-state index contributed by atoms with van der Waals surface area (Å²) in [5.41, 5.74) is 2.97. The van der Waals surface area contributed by atoms with Crippen molar-refractivity contribution in [2.45, 2.75) is 45.1 Å². The molecule has 4 rings (SSSR count). The Balaban J connectivity index is 1.44. The Kier molecular flexibility index (Phi) is 3.41. The van der Waals surface area contributed by atoms with Crippen LogP contribution in [0.25, 0.3) is 0 Å². The molecule has 3 heteroatoms. The van der Waals surface area contributed by atoms with Crippen LogP contribution in [0.5, 0.6) is 0 Å². The van der Waals surface area contributed by atoms with Gasteiger partial charge in [0.25, 0.3) is 0 Å². The van der Waals surface area contributed by atoms with Crippen LogP contribution >= 0.6 is 0 Å². The highest BCUT2D eigenvalue weighted by Gasteiger charge is 2.38. The maximum Gasteiger partial charge on any atom is 0.163 e. The number of carbonyl (C=O) groups excluding carboxylic acids is 2. The maximum absolute atomic E-state index is 12.6. The topological polar surface area (TPSA) is 37.4 Å². The van der Waals surface area contributed by atoms with Gasteiger partial charge < -0.3 is 0 Å². The van der Waals surface area contributed by atoms with E-state index in [9.17, 15) is 9.59 Å². The molecule has 116 valence electrons. The molecule has 0 unspecified atom stereocenters. The second-order valence-electron chi connectivity index (χ2n) is 7.43. The van der Waals surface area contributed by atoms with Crippen LogP contribution in [-0.4, -0.2) is 35.6 Å². The van der Waals surface area contributed by atoms with Crippen molar-refractivity contribution in [2.75, 3.05) is 13.1 Å². The molecule has 0 N–H and O–H groups in total. The van der Waals surface area contributed by atoms with Crippen molar-refractivity contribution in [2.24, 2.45) is 11.8 Å². The van der Waals surface area contributed by atoms with Crippen molar-refractivity contribution in [1.82, 2.24) is 4.90 Å². The van der Waals surface area contributed by atoms with E-state index in [1.165, 1.54) is 12.8 Å². The number of likely N-dealkylation sites (tertiary alicyclic amines) is 1. The first-order valence-corrected chi connectivity index (χ1v) is 8.51. The molecular formula is C19H23NO2. The lowest BCUT2D eigenvalue weighted by Crippen LogP contribution is -2.23. The Morgan fingerprint density at radius 3 is 2.73 bits per heavy atom. The minimum Gasteiger partial charge on any atom is -0.300 e. The summed E-state index contributed by atoms with van der Waals surface area (Å²) in [5.74, 6) is 1.62. The fourth-order valence-corrected chi connectivity index (χ4v) is 4.06. The van der Waals surface area contributed by atoms with Gasteiger partial charge in [0.05, 0.1) is 0 Å². The Morgan fingerprint density at radius 2 is 1.95 bits per heavy atom. The van der Waals surface area contributed by atoms with Gasteiger partial charge in [0.1, 0.15) is 5.78 Å². The molecule has 2 atom stereocenters. The fraction of sp³-hybridized carbons (Fsp3) is 0.579. The van der Waals surface area contributed by atoms with E-state index in [1.807, 2.05) is 18.2 Å². The summed E-state index contributed by atoms with van der Waals surface area (Å²) in [6.45, 7) is 4.52. The molecule has 0 aromatic heterocycles. The smallest absolute Gasteiger partial charge is 0.163 e. The van der Waals surface area contributed by atoms with Crippen molar-refractivity contribution < 1.29 is 9.59 Å². The molecule has 0 spiro atoms. The standard InChI is InChI=1S/C19H23NO2/c1-12-10-20(17-4-5-17)11-16(12)9-19(22)14-3-2-13-7-18(21)8-15(13)6-14/h2-3,6,12,16-17H,4-5,7-11H2,1H3/t12-,16+/m0/s1. The van der Waals surface area contributed by atoms with Crippen molar-refractivity contribution in [3.05, 3.63) is 34.9 Å². The highest BCUT2D eigenvalue weighted by Crippen LogP contribution is 2.36. The van der Waals surface area contributed by atoms with Gasteiger partial charge in [-0.15, -0.1) is 0 Å². The molecule has 2 aliphatic carbocycles. The third-order valence-electron chi connectivity index (χ3n) is 5.61. The lowest BCUT2D eigenvalue weighted by atomic mass is 9.90. The number of fused-ring (bicyclic) bond motifs is 1. The van der Waals surface area contributed by atoms with Gasteiger partial charge in [0.15, 0.2) is 5.78 Å². The largest absolute Gasteiger partial charge is 0.300 e. The molecule has 1 saturated heterocycles. The van der Waals surface area contributed by atoms with Gasteiger partial charge in [0, 0.05) is 44.0 Å². The average Bonchev–Trinajstić information content (AvgIpc) is 3.17.